The zero-order valence-electron chi connectivity index (χ0n) is 11.9. The summed E-state index contributed by atoms with van der Waals surface area (Å²) in [4.78, 5) is 2.27. The predicted molar refractivity (Wildman–Crippen MR) is 76.1 cm³/mol. The Morgan fingerprint density at radius 3 is 2.84 bits per heavy atom. The van der Waals surface area contributed by atoms with Gasteiger partial charge in [0.15, 0.2) is 0 Å². The minimum Gasteiger partial charge on any atom is -0.467 e. The molecule has 0 radical (unpaired) electrons. The molecule has 19 heavy (non-hydrogen) atoms. The Morgan fingerprint density at radius 1 is 1.47 bits per heavy atom. The Bertz CT molecular complexity index is 516. The number of furan rings is 1. The first-order chi connectivity index (χ1) is 9.17. The van der Waals surface area contributed by atoms with Gasteiger partial charge in [0.05, 0.1) is 18.5 Å². The summed E-state index contributed by atoms with van der Waals surface area (Å²) < 4.78 is 7.38. The molecule has 2 rings (SSSR count). The molecule has 0 saturated heterocycles. The van der Waals surface area contributed by atoms with E-state index >= 15 is 0 Å². The van der Waals surface area contributed by atoms with Crippen molar-refractivity contribution in [2.24, 2.45) is 12.8 Å². The number of nitrogens with two attached hydrogens (primary N) is 1. The third-order valence-electron chi connectivity index (χ3n) is 3.32. The highest BCUT2D eigenvalue weighted by Gasteiger charge is 2.18. The van der Waals surface area contributed by atoms with Crippen LogP contribution in [0.1, 0.15) is 23.9 Å². The van der Waals surface area contributed by atoms with Crippen molar-refractivity contribution < 1.29 is 4.42 Å². The second-order valence-electron chi connectivity index (χ2n) is 4.64. The summed E-state index contributed by atoms with van der Waals surface area (Å²) in [7, 11) is 1.98. The first-order valence-corrected chi connectivity index (χ1v) is 6.67. The molecule has 0 aliphatic rings. The van der Waals surface area contributed by atoms with Crippen LogP contribution in [0.5, 0.6) is 0 Å². The fraction of sp³-hybridized carbons (Fsp3) is 0.500. The van der Waals surface area contributed by atoms with E-state index in [2.05, 4.69) is 16.9 Å². The topological polar surface area (TPSA) is 60.2 Å². The molecule has 0 unspecified atom stereocenters. The van der Waals surface area contributed by atoms with Crippen LogP contribution in [0.2, 0.25) is 0 Å². The van der Waals surface area contributed by atoms with E-state index in [1.807, 2.05) is 30.8 Å². The van der Waals surface area contributed by atoms with Crippen LogP contribution < -0.4 is 10.6 Å². The smallest absolute Gasteiger partial charge is 0.130 e. The zero-order chi connectivity index (χ0) is 13.8. The van der Waals surface area contributed by atoms with Crippen LogP contribution in [-0.2, 0) is 20.0 Å². The van der Waals surface area contributed by atoms with Crippen LogP contribution >= 0.6 is 0 Å². The first-order valence-electron chi connectivity index (χ1n) is 6.67. The first kappa shape index (κ1) is 13.7. The van der Waals surface area contributed by atoms with Crippen molar-refractivity contribution in [2.45, 2.75) is 26.8 Å². The zero-order valence-corrected chi connectivity index (χ0v) is 11.9. The number of nitrogens with zero attached hydrogens (tertiary/aromatic N) is 3. The minimum absolute atomic E-state index is 0.637. The summed E-state index contributed by atoms with van der Waals surface area (Å²) in [5.41, 5.74) is 8.00. The van der Waals surface area contributed by atoms with Gasteiger partial charge in [-0.1, -0.05) is 0 Å². The number of hydrogen-bond acceptors (Lipinski definition) is 4. The van der Waals surface area contributed by atoms with Gasteiger partial charge in [-0.15, -0.1) is 0 Å². The fourth-order valence-electron chi connectivity index (χ4n) is 2.45. The largest absolute Gasteiger partial charge is 0.467 e. The van der Waals surface area contributed by atoms with Gasteiger partial charge < -0.3 is 15.1 Å². The molecule has 0 fully saturated rings. The van der Waals surface area contributed by atoms with Gasteiger partial charge in [-0.25, -0.2) is 0 Å². The Morgan fingerprint density at radius 2 is 2.26 bits per heavy atom. The molecule has 5 heteroatoms. The lowest BCUT2D eigenvalue weighted by atomic mass is 10.1. The molecule has 0 aromatic carbocycles. The van der Waals surface area contributed by atoms with Gasteiger partial charge in [-0.2, -0.15) is 5.10 Å². The van der Waals surface area contributed by atoms with E-state index in [1.54, 1.807) is 6.26 Å². The molecule has 104 valence electrons. The van der Waals surface area contributed by atoms with Gasteiger partial charge >= 0.3 is 0 Å². The molecule has 5 nitrogen and oxygen atoms in total. The molecule has 2 heterocycles. The summed E-state index contributed by atoms with van der Waals surface area (Å²) in [5, 5.41) is 4.52. The van der Waals surface area contributed by atoms with Crippen LogP contribution in [-0.4, -0.2) is 22.9 Å². The Kier molecular flexibility index (Phi) is 4.27. The Hall–Kier alpha value is -1.75. The SMILES string of the molecule is CCN(Cc1ccco1)c1c(CCN)c(C)nn1C. The van der Waals surface area contributed by atoms with Crippen LogP contribution in [0.25, 0.3) is 0 Å². The van der Waals surface area contributed by atoms with Crippen molar-refractivity contribution in [3.05, 3.63) is 35.4 Å². The Labute approximate surface area is 114 Å². The quantitative estimate of drug-likeness (QED) is 0.863. The molecule has 0 saturated carbocycles. The van der Waals surface area contributed by atoms with Crippen LogP contribution in [0.15, 0.2) is 22.8 Å². The third-order valence-corrected chi connectivity index (χ3v) is 3.32. The van der Waals surface area contributed by atoms with E-state index in [4.69, 9.17) is 10.2 Å². The van der Waals surface area contributed by atoms with Crippen molar-refractivity contribution in [3.63, 3.8) is 0 Å². The Balaban J connectivity index is 2.31. The van der Waals surface area contributed by atoms with Crippen molar-refractivity contribution in [3.8, 4) is 0 Å². The maximum atomic E-state index is 5.71. The summed E-state index contributed by atoms with van der Waals surface area (Å²) in [5.74, 6) is 2.10. The molecule has 0 bridgehead atoms. The number of hydrogen-bond donors (Lipinski definition) is 1. The lowest BCUT2D eigenvalue weighted by Gasteiger charge is -2.23. The lowest BCUT2D eigenvalue weighted by molar-refractivity contribution is 0.500. The van der Waals surface area contributed by atoms with E-state index in [0.717, 1.165) is 36.8 Å². The van der Waals surface area contributed by atoms with E-state index in [1.165, 1.54) is 5.56 Å². The summed E-state index contributed by atoms with van der Waals surface area (Å²) in [6, 6.07) is 3.91. The average Bonchev–Trinajstić information content (AvgIpc) is 2.97. The van der Waals surface area contributed by atoms with Crippen molar-refractivity contribution in [1.82, 2.24) is 9.78 Å². The van der Waals surface area contributed by atoms with Gasteiger partial charge in [0.25, 0.3) is 0 Å². The van der Waals surface area contributed by atoms with Crippen molar-refractivity contribution >= 4 is 5.82 Å². The second-order valence-corrected chi connectivity index (χ2v) is 4.64. The van der Waals surface area contributed by atoms with Crippen LogP contribution in [0.4, 0.5) is 5.82 Å². The van der Waals surface area contributed by atoms with Gasteiger partial charge in [0.2, 0.25) is 0 Å². The third kappa shape index (κ3) is 2.81. The maximum absolute atomic E-state index is 5.71. The van der Waals surface area contributed by atoms with Crippen LogP contribution in [0.3, 0.4) is 0 Å². The summed E-state index contributed by atoms with van der Waals surface area (Å²) >= 11 is 0. The molecule has 0 amide bonds. The summed E-state index contributed by atoms with van der Waals surface area (Å²) in [6.07, 6.45) is 2.56. The molecule has 0 spiro atoms. The standard InChI is InChI=1S/C14H22N4O/c1-4-18(10-12-6-5-9-19-12)14-13(7-8-15)11(2)16-17(14)3/h5-6,9H,4,7-8,10,15H2,1-3H3. The van der Waals surface area contributed by atoms with Crippen LogP contribution in [0, 0.1) is 6.92 Å². The molecule has 0 aliphatic heterocycles. The molecule has 2 aromatic heterocycles. The van der Waals surface area contributed by atoms with Gasteiger partial charge in [-0.05, 0) is 38.9 Å². The normalized spacial score (nSPS) is 10.9. The monoisotopic (exact) mass is 262 g/mol. The highest BCUT2D eigenvalue weighted by atomic mass is 16.3. The lowest BCUT2D eigenvalue weighted by Crippen LogP contribution is -2.25. The van der Waals surface area contributed by atoms with Crippen molar-refractivity contribution in [1.29, 1.82) is 0 Å². The number of aromatic nitrogens is 2. The van der Waals surface area contributed by atoms with E-state index in [0.29, 0.717) is 6.54 Å². The molecule has 2 aromatic rings. The van der Waals surface area contributed by atoms with Gasteiger partial charge in [0.1, 0.15) is 11.6 Å². The predicted octanol–water partition coefficient (Wildman–Crippen LogP) is 1.85. The second kappa shape index (κ2) is 5.93. The maximum Gasteiger partial charge on any atom is 0.130 e. The average molecular weight is 262 g/mol. The van der Waals surface area contributed by atoms with E-state index < -0.39 is 0 Å². The number of anilines is 1. The molecular formula is C14H22N4O. The minimum atomic E-state index is 0.637. The molecule has 2 N–H and O–H groups in total. The van der Waals surface area contributed by atoms with Gasteiger partial charge in [-0.3, -0.25) is 4.68 Å². The number of rotatable bonds is 6. The van der Waals surface area contributed by atoms with E-state index in [-0.39, 0.29) is 0 Å². The van der Waals surface area contributed by atoms with Gasteiger partial charge in [0, 0.05) is 19.2 Å². The van der Waals surface area contributed by atoms with Crippen molar-refractivity contribution in [2.75, 3.05) is 18.0 Å². The fourth-order valence-corrected chi connectivity index (χ4v) is 2.45. The highest BCUT2D eigenvalue weighted by Crippen LogP contribution is 2.25. The highest BCUT2D eigenvalue weighted by molar-refractivity contribution is 5.50. The molecule has 0 atom stereocenters. The van der Waals surface area contributed by atoms with E-state index in [9.17, 15) is 0 Å². The summed E-state index contributed by atoms with van der Waals surface area (Å²) in [6.45, 7) is 6.46. The molecule has 0 aliphatic carbocycles. The molecular weight excluding hydrogens is 240 g/mol. The number of aryl methyl sites for hydroxylation is 2.